The average Bonchev–Trinajstić information content (AvgIpc) is 2.80. The highest BCUT2D eigenvalue weighted by Crippen LogP contribution is 2.28. The van der Waals surface area contributed by atoms with Crippen LogP contribution in [0.1, 0.15) is 34.5 Å². The molecule has 1 aromatic carbocycles. The van der Waals surface area contributed by atoms with Crippen molar-refractivity contribution < 1.29 is 0 Å². The molecule has 0 saturated heterocycles. The summed E-state index contributed by atoms with van der Waals surface area (Å²) >= 11 is 3.73. The zero-order valence-corrected chi connectivity index (χ0v) is 14.0. The molecule has 2 rings (SSSR count). The molecule has 0 atom stereocenters. The van der Waals surface area contributed by atoms with Gasteiger partial charge in [0.2, 0.25) is 0 Å². The number of thiazole rings is 1. The van der Waals surface area contributed by atoms with E-state index in [1.54, 1.807) is 0 Å². The van der Waals surface area contributed by atoms with E-state index in [0.29, 0.717) is 0 Å². The molecule has 2 aromatic rings. The molecule has 0 amide bonds. The molecule has 0 bridgehead atoms. The predicted molar refractivity (Wildman–Crippen MR) is 89.6 cm³/mol. The van der Waals surface area contributed by atoms with Gasteiger partial charge in [0.1, 0.15) is 5.01 Å². The first-order chi connectivity index (χ1) is 9.72. The molecule has 2 nitrogen and oxygen atoms in total. The largest absolute Gasteiger partial charge is 0.315 e. The molecule has 0 fully saturated rings. The van der Waals surface area contributed by atoms with Crippen LogP contribution < -0.4 is 5.32 Å². The van der Waals surface area contributed by atoms with Crippen LogP contribution in [0.2, 0.25) is 0 Å². The Labute approximate surface area is 130 Å². The van der Waals surface area contributed by atoms with E-state index >= 15 is 0 Å². The summed E-state index contributed by atoms with van der Waals surface area (Å²) in [5.41, 5.74) is 2.60. The Morgan fingerprint density at radius 1 is 1.35 bits per heavy atom. The van der Waals surface area contributed by atoms with E-state index < -0.39 is 0 Å². The topological polar surface area (TPSA) is 24.9 Å². The number of nitrogens with zero attached hydrogens (tertiary/aromatic N) is 1. The van der Waals surface area contributed by atoms with E-state index in [1.165, 1.54) is 26.0 Å². The van der Waals surface area contributed by atoms with Crippen molar-refractivity contribution in [2.75, 3.05) is 7.05 Å². The Morgan fingerprint density at radius 3 is 2.90 bits per heavy atom. The molecular weight excluding hydrogens is 284 g/mol. The number of rotatable bonds is 7. The highest BCUT2D eigenvalue weighted by atomic mass is 32.2. The number of nitrogens with one attached hydrogen (secondary N) is 1. The van der Waals surface area contributed by atoms with Gasteiger partial charge in [-0.25, -0.2) is 4.98 Å². The summed E-state index contributed by atoms with van der Waals surface area (Å²) in [4.78, 5) is 7.54. The molecule has 0 radical (unpaired) electrons. The van der Waals surface area contributed by atoms with Crippen LogP contribution in [-0.2, 0) is 18.7 Å². The van der Waals surface area contributed by atoms with E-state index in [-0.39, 0.29) is 0 Å². The third kappa shape index (κ3) is 4.33. The van der Waals surface area contributed by atoms with Crippen LogP contribution in [0.5, 0.6) is 0 Å². The Bertz CT molecular complexity index is 526. The number of aryl methyl sites for hydroxylation is 2. The van der Waals surface area contributed by atoms with Crippen LogP contribution in [-0.4, -0.2) is 12.0 Å². The van der Waals surface area contributed by atoms with Gasteiger partial charge in [0.25, 0.3) is 0 Å². The average molecular weight is 307 g/mol. The van der Waals surface area contributed by atoms with Crippen LogP contribution in [0.25, 0.3) is 0 Å². The van der Waals surface area contributed by atoms with E-state index in [1.807, 2.05) is 30.1 Å². The second-order valence-electron chi connectivity index (χ2n) is 4.86. The first-order valence-electron chi connectivity index (χ1n) is 7.04. The van der Waals surface area contributed by atoms with Crippen molar-refractivity contribution in [3.63, 3.8) is 0 Å². The van der Waals surface area contributed by atoms with Crippen LogP contribution >= 0.6 is 23.1 Å². The van der Waals surface area contributed by atoms with Gasteiger partial charge in [0, 0.05) is 16.3 Å². The Balaban J connectivity index is 2.03. The summed E-state index contributed by atoms with van der Waals surface area (Å²) in [6.45, 7) is 5.28. The molecule has 0 spiro atoms. The second-order valence-corrected chi connectivity index (χ2v) is 7.08. The fourth-order valence-electron chi connectivity index (χ4n) is 2.08. The van der Waals surface area contributed by atoms with Crippen molar-refractivity contribution in [2.45, 2.75) is 43.9 Å². The molecule has 1 aromatic heterocycles. The van der Waals surface area contributed by atoms with Gasteiger partial charge in [-0.05, 0) is 32.5 Å². The number of benzene rings is 1. The minimum Gasteiger partial charge on any atom is -0.315 e. The van der Waals surface area contributed by atoms with E-state index in [0.717, 1.165) is 25.1 Å². The predicted octanol–water partition coefficient (Wildman–Crippen LogP) is 4.42. The van der Waals surface area contributed by atoms with Crippen molar-refractivity contribution in [1.29, 1.82) is 0 Å². The third-order valence-electron chi connectivity index (χ3n) is 3.00. The smallest absolute Gasteiger partial charge is 0.103 e. The molecule has 1 N–H and O–H groups in total. The summed E-state index contributed by atoms with van der Waals surface area (Å²) in [6, 6.07) is 8.67. The summed E-state index contributed by atoms with van der Waals surface area (Å²) in [6.07, 6.45) is 2.24. The van der Waals surface area contributed by atoms with Crippen molar-refractivity contribution in [3.8, 4) is 0 Å². The highest BCUT2D eigenvalue weighted by Gasteiger charge is 2.10. The summed E-state index contributed by atoms with van der Waals surface area (Å²) in [7, 11) is 2.00. The number of thioether (sulfide) groups is 1. The van der Waals surface area contributed by atoms with E-state index in [4.69, 9.17) is 4.98 Å². The number of aromatic nitrogens is 1. The molecule has 4 heteroatoms. The molecule has 0 aliphatic heterocycles. The Hall–Kier alpha value is -0.840. The Kier molecular flexibility index (Phi) is 6.07. The quantitative estimate of drug-likeness (QED) is 0.767. The zero-order valence-electron chi connectivity index (χ0n) is 12.4. The minimum atomic E-state index is 0.933. The van der Waals surface area contributed by atoms with Crippen molar-refractivity contribution >= 4 is 23.1 Å². The van der Waals surface area contributed by atoms with Gasteiger partial charge in [0.05, 0.1) is 11.4 Å². The van der Waals surface area contributed by atoms with Crippen LogP contribution in [0.15, 0.2) is 29.2 Å². The van der Waals surface area contributed by atoms with Crippen molar-refractivity contribution in [3.05, 3.63) is 45.4 Å². The molecule has 0 aliphatic carbocycles. The maximum atomic E-state index is 4.81. The van der Waals surface area contributed by atoms with Crippen LogP contribution in [0.3, 0.4) is 0 Å². The standard InChI is InChI=1S/C16H22N2S2/c1-4-6-14-15(10-17-3)20-16(18-14)11-19-13-8-5-7-12(2)9-13/h5,7-9,17H,4,6,10-11H2,1-3H3. The maximum Gasteiger partial charge on any atom is 0.103 e. The van der Waals surface area contributed by atoms with Gasteiger partial charge in [-0.3, -0.25) is 0 Å². The number of hydrogen-bond donors (Lipinski definition) is 1. The van der Waals surface area contributed by atoms with Gasteiger partial charge in [-0.2, -0.15) is 0 Å². The summed E-state index contributed by atoms with van der Waals surface area (Å²) < 4.78 is 0. The van der Waals surface area contributed by atoms with Crippen molar-refractivity contribution in [1.82, 2.24) is 10.3 Å². The lowest BCUT2D eigenvalue weighted by molar-refractivity contribution is 0.797. The third-order valence-corrected chi connectivity index (χ3v) is 5.28. The Morgan fingerprint density at radius 2 is 2.20 bits per heavy atom. The molecule has 108 valence electrons. The second kappa shape index (κ2) is 7.81. The first kappa shape index (κ1) is 15.5. The first-order valence-corrected chi connectivity index (χ1v) is 8.84. The fourth-order valence-corrected chi connectivity index (χ4v) is 4.21. The molecular formula is C16H22N2S2. The lowest BCUT2D eigenvalue weighted by atomic mass is 10.2. The molecule has 0 unspecified atom stereocenters. The summed E-state index contributed by atoms with van der Waals surface area (Å²) in [5.74, 6) is 0.967. The lowest BCUT2D eigenvalue weighted by Crippen LogP contribution is -2.05. The van der Waals surface area contributed by atoms with E-state index in [2.05, 4.69) is 43.4 Å². The minimum absolute atomic E-state index is 0.933. The number of hydrogen-bond acceptors (Lipinski definition) is 4. The fraction of sp³-hybridized carbons (Fsp3) is 0.438. The summed E-state index contributed by atoms with van der Waals surface area (Å²) in [5, 5.41) is 4.48. The van der Waals surface area contributed by atoms with Gasteiger partial charge < -0.3 is 5.32 Å². The van der Waals surface area contributed by atoms with Crippen LogP contribution in [0.4, 0.5) is 0 Å². The maximum absolute atomic E-state index is 4.81. The zero-order chi connectivity index (χ0) is 14.4. The van der Waals surface area contributed by atoms with Crippen LogP contribution in [0, 0.1) is 6.92 Å². The SMILES string of the molecule is CCCc1nc(CSc2cccc(C)c2)sc1CNC. The van der Waals surface area contributed by atoms with E-state index in [9.17, 15) is 0 Å². The normalized spacial score (nSPS) is 10.9. The molecule has 0 aliphatic rings. The van der Waals surface area contributed by atoms with Gasteiger partial charge >= 0.3 is 0 Å². The lowest BCUT2D eigenvalue weighted by Gasteiger charge is -2.00. The monoisotopic (exact) mass is 306 g/mol. The molecule has 0 saturated carbocycles. The van der Waals surface area contributed by atoms with Crippen molar-refractivity contribution in [2.24, 2.45) is 0 Å². The van der Waals surface area contributed by atoms with Gasteiger partial charge in [0.15, 0.2) is 0 Å². The highest BCUT2D eigenvalue weighted by molar-refractivity contribution is 7.98. The molecule has 20 heavy (non-hydrogen) atoms. The van der Waals surface area contributed by atoms with Gasteiger partial charge in [-0.15, -0.1) is 23.1 Å². The van der Waals surface area contributed by atoms with Gasteiger partial charge in [-0.1, -0.05) is 31.0 Å². The molecule has 1 heterocycles.